The van der Waals surface area contributed by atoms with E-state index in [0.29, 0.717) is 12.1 Å². The number of carbonyl (C=O) groups excluding carboxylic acids is 1. The molecule has 2 aromatic rings. The second-order valence-electron chi connectivity index (χ2n) is 3.97. The highest BCUT2D eigenvalue weighted by Gasteiger charge is 2.13. The molecule has 3 heteroatoms. The molecule has 0 unspecified atom stereocenters. The van der Waals surface area contributed by atoms with Crippen molar-refractivity contribution in [2.45, 2.75) is 6.54 Å². The topological polar surface area (TPSA) is 32.3 Å². The van der Waals surface area contributed by atoms with Gasteiger partial charge in [0.1, 0.15) is 0 Å². The van der Waals surface area contributed by atoms with Gasteiger partial charge in [-0.1, -0.05) is 48.5 Å². The number of nitrogens with one attached hydrogen (secondary N) is 1. The molecule has 18 heavy (non-hydrogen) atoms. The fraction of sp³-hybridized carbons (Fsp3) is 0.133. The van der Waals surface area contributed by atoms with Crippen LogP contribution in [-0.2, 0) is 6.54 Å². The number of hydrazine groups is 1. The van der Waals surface area contributed by atoms with Crippen LogP contribution in [0, 0.1) is 0 Å². The number of nitrogens with zero attached hydrogens (tertiary/aromatic N) is 1. The van der Waals surface area contributed by atoms with Crippen molar-refractivity contribution in [3.8, 4) is 0 Å². The minimum atomic E-state index is -0.0260. The fourth-order valence-corrected chi connectivity index (χ4v) is 1.75. The third-order valence-electron chi connectivity index (χ3n) is 2.72. The van der Waals surface area contributed by atoms with Crippen LogP contribution in [0.25, 0.3) is 0 Å². The summed E-state index contributed by atoms with van der Waals surface area (Å²) in [6.07, 6.45) is 0. The van der Waals surface area contributed by atoms with E-state index < -0.39 is 0 Å². The van der Waals surface area contributed by atoms with E-state index in [0.717, 1.165) is 5.56 Å². The smallest absolute Gasteiger partial charge is 0.268 e. The number of hydrogen-bond donors (Lipinski definition) is 1. The van der Waals surface area contributed by atoms with Gasteiger partial charge in [0.2, 0.25) is 0 Å². The standard InChI is InChI=1S/C15H16N2O/c1-16-17(12-13-8-4-2-5-9-13)15(18)14-10-6-3-7-11-14/h2-11,16H,12H2,1H3. The Morgan fingerprint density at radius 2 is 1.56 bits per heavy atom. The van der Waals surface area contributed by atoms with Crippen LogP contribution in [0.3, 0.4) is 0 Å². The maximum Gasteiger partial charge on any atom is 0.268 e. The summed E-state index contributed by atoms with van der Waals surface area (Å²) in [7, 11) is 1.75. The predicted octanol–water partition coefficient (Wildman–Crippen LogP) is 2.46. The van der Waals surface area contributed by atoms with Gasteiger partial charge in [0.15, 0.2) is 0 Å². The first kappa shape index (κ1) is 12.3. The predicted molar refractivity (Wildman–Crippen MR) is 71.8 cm³/mol. The molecule has 0 aliphatic rings. The first-order valence-electron chi connectivity index (χ1n) is 5.89. The van der Waals surface area contributed by atoms with Gasteiger partial charge in [-0.2, -0.15) is 0 Å². The normalized spacial score (nSPS) is 10.1. The van der Waals surface area contributed by atoms with Gasteiger partial charge in [0.05, 0.1) is 6.54 Å². The summed E-state index contributed by atoms with van der Waals surface area (Å²) in [5, 5.41) is 1.60. The average Bonchev–Trinajstić information content (AvgIpc) is 2.46. The van der Waals surface area contributed by atoms with Crippen LogP contribution in [-0.4, -0.2) is 18.0 Å². The highest BCUT2D eigenvalue weighted by molar-refractivity contribution is 5.93. The first-order valence-corrected chi connectivity index (χ1v) is 5.89. The summed E-state index contributed by atoms with van der Waals surface area (Å²) in [6.45, 7) is 0.547. The van der Waals surface area contributed by atoms with Crippen molar-refractivity contribution in [1.82, 2.24) is 10.4 Å². The van der Waals surface area contributed by atoms with E-state index in [9.17, 15) is 4.79 Å². The van der Waals surface area contributed by atoms with E-state index in [1.807, 2.05) is 60.7 Å². The van der Waals surface area contributed by atoms with Gasteiger partial charge in [0.25, 0.3) is 5.91 Å². The van der Waals surface area contributed by atoms with Crippen molar-refractivity contribution in [3.63, 3.8) is 0 Å². The van der Waals surface area contributed by atoms with Gasteiger partial charge in [-0.15, -0.1) is 0 Å². The van der Waals surface area contributed by atoms with E-state index in [1.54, 1.807) is 12.1 Å². The number of amides is 1. The van der Waals surface area contributed by atoms with Crippen molar-refractivity contribution in [2.24, 2.45) is 0 Å². The molecule has 0 radical (unpaired) electrons. The molecule has 2 rings (SSSR count). The summed E-state index contributed by atoms with van der Waals surface area (Å²) in [5.41, 5.74) is 4.71. The Morgan fingerprint density at radius 3 is 2.11 bits per heavy atom. The third-order valence-corrected chi connectivity index (χ3v) is 2.72. The summed E-state index contributed by atoms with van der Waals surface area (Å²) in [6, 6.07) is 19.2. The van der Waals surface area contributed by atoms with Crippen LogP contribution >= 0.6 is 0 Å². The van der Waals surface area contributed by atoms with Crippen LogP contribution < -0.4 is 5.43 Å². The zero-order chi connectivity index (χ0) is 12.8. The number of rotatable bonds is 4. The molecule has 92 valence electrons. The molecule has 0 fully saturated rings. The lowest BCUT2D eigenvalue weighted by Gasteiger charge is -2.21. The Labute approximate surface area is 107 Å². The quantitative estimate of drug-likeness (QED) is 0.833. The molecule has 0 aliphatic carbocycles. The van der Waals surface area contributed by atoms with Gasteiger partial charge in [0, 0.05) is 12.6 Å². The second kappa shape index (κ2) is 5.98. The minimum Gasteiger partial charge on any atom is -0.270 e. The van der Waals surface area contributed by atoms with Crippen molar-refractivity contribution in [1.29, 1.82) is 0 Å². The summed E-state index contributed by atoms with van der Waals surface area (Å²) in [4.78, 5) is 12.2. The Hall–Kier alpha value is -2.13. The number of hydrogen-bond acceptors (Lipinski definition) is 2. The molecular weight excluding hydrogens is 224 g/mol. The number of carbonyl (C=O) groups is 1. The minimum absolute atomic E-state index is 0.0260. The summed E-state index contributed by atoms with van der Waals surface area (Å²) in [5.74, 6) is -0.0260. The van der Waals surface area contributed by atoms with Gasteiger partial charge in [-0.3, -0.25) is 9.80 Å². The molecule has 3 nitrogen and oxygen atoms in total. The summed E-state index contributed by atoms with van der Waals surface area (Å²) >= 11 is 0. The molecule has 2 aromatic carbocycles. The lowest BCUT2D eigenvalue weighted by Crippen LogP contribution is -2.39. The lowest BCUT2D eigenvalue weighted by atomic mass is 10.2. The van der Waals surface area contributed by atoms with Crippen LogP contribution in [0.2, 0.25) is 0 Å². The largest absolute Gasteiger partial charge is 0.270 e. The van der Waals surface area contributed by atoms with Gasteiger partial charge in [-0.05, 0) is 17.7 Å². The zero-order valence-electron chi connectivity index (χ0n) is 10.3. The van der Waals surface area contributed by atoms with Crippen molar-refractivity contribution in [2.75, 3.05) is 7.05 Å². The molecule has 0 heterocycles. The molecule has 0 aliphatic heterocycles. The van der Waals surface area contributed by atoms with Gasteiger partial charge in [-0.25, -0.2) is 5.43 Å². The van der Waals surface area contributed by atoms with Crippen molar-refractivity contribution in [3.05, 3.63) is 71.8 Å². The molecule has 1 N–H and O–H groups in total. The molecule has 0 bridgehead atoms. The molecule has 0 aromatic heterocycles. The van der Waals surface area contributed by atoms with Crippen molar-refractivity contribution < 1.29 is 4.79 Å². The number of benzene rings is 2. The SMILES string of the molecule is CNN(Cc1ccccc1)C(=O)c1ccccc1. The zero-order valence-corrected chi connectivity index (χ0v) is 10.3. The Kier molecular flexibility index (Phi) is 4.10. The lowest BCUT2D eigenvalue weighted by molar-refractivity contribution is 0.0664. The van der Waals surface area contributed by atoms with Crippen LogP contribution in [0.4, 0.5) is 0 Å². The monoisotopic (exact) mass is 240 g/mol. The molecule has 0 saturated carbocycles. The highest BCUT2D eigenvalue weighted by atomic mass is 16.2. The van der Waals surface area contributed by atoms with Crippen LogP contribution in [0.5, 0.6) is 0 Å². The van der Waals surface area contributed by atoms with E-state index in [1.165, 1.54) is 0 Å². The van der Waals surface area contributed by atoms with E-state index in [4.69, 9.17) is 0 Å². The molecular formula is C15H16N2O. The van der Waals surface area contributed by atoms with E-state index in [2.05, 4.69) is 5.43 Å². The fourth-order valence-electron chi connectivity index (χ4n) is 1.75. The van der Waals surface area contributed by atoms with E-state index >= 15 is 0 Å². The van der Waals surface area contributed by atoms with Crippen LogP contribution in [0.15, 0.2) is 60.7 Å². The molecule has 0 spiro atoms. The third kappa shape index (κ3) is 2.96. The maximum atomic E-state index is 12.2. The molecule has 0 atom stereocenters. The molecule has 0 saturated heterocycles. The van der Waals surface area contributed by atoms with Crippen molar-refractivity contribution >= 4 is 5.91 Å². The Bertz CT molecular complexity index is 496. The van der Waals surface area contributed by atoms with Gasteiger partial charge >= 0.3 is 0 Å². The molecule has 1 amide bonds. The summed E-state index contributed by atoms with van der Waals surface area (Å²) < 4.78 is 0. The second-order valence-corrected chi connectivity index (χ2v) is 3.97. The van der Waals surface area contributed by atoms with E-state index in [-0.39, 0.29) is 5.91 Å². The maximum absolute atomic E-state index is 12.2. The Balaban J connectivity index is 2.12. The Morgan fingerprint density at radius 1 is 1.00 bits per heavy atom. The van der Waals surface area contributed by atoms with Gasteiger partial charge < -0.3 is 0 Å². The van der Waals surface area contributed by atoms with Crippen LogP contribution in [0.1, 0.15) is 15.9 Å². The highest BCUT2D eigenvalue weighted by Crippen LogP contribution is 2.07. The average molecular weight is 240 g/mol. The first-order chi connectivity index (χ1) is 8.81.